The minimum absolute atomic E-state index is 0.150. The van der Waals surface area contributed by atoms with E-state index < -0.39 is 11.9 Å². The molecule has 4 heterocycles. The quantitative estimate of drug-likeness (QED) is 0.517. The first kappa shape index (κ1) is 25.3. The standard InChI is InChI=1S/C26H32N6O4/c1-17-24(19-8-12-31(13-9-19)25(34)36-26(3,4)5)18(2)32(30-17)16-23(33)35-22-7-6-20(14-29-22)21-15-27-10-11-28-21/h6-8,10-11,14-15,23,33H,9,12-13,16H2,1-5H3. The van der Waals surface area contributed by atoms with Gasteiger partial charge in [-0.25, -0.2) is 9.78 Å². The van der Waals surface area contributed by atoms with E-state index >= 15 is 0 Å². The average Bonchev–Trinajstić information content (AvgIpc) is 3.11. The fraction of sp³-hybridized carbons (Fsp3) is 0.423. The number of amides is 1. The summed E-state index contributed by atoms with van der Waals surface area (Å²) in [4.78, 5) is 26.6. The van der Waals surface area contributed by atoms with Crippen LogP contribution in [-0.4, -0.2) is 65.8 Å². The second-order valence-corrected chi connectivity index (χ2v) is 9.68. The van der Waals surface area contributed by atoms with Gasteiger partial charge >= 0.3 is 6.09 Å². The van der Waals surface area contributed by atoms with Crippen LogP contribution in [0.25, 0.3) is 16.8 Å². The lowest BCUT2D eigenvalue weighted by molar-refractivity contribution is -0.0351. The maximum Gasteiger partial charge on any atom is 0.410 e. The first-order valence-electron chi connectivity index (χ1n) is 11.9. The van der Waals surface area contributed by atoms with E-state index in [4.69, 9.17) is 9.47 Å². The van der Waals surface area contributed by atoms with E-state index in [0.29, 0.717) is 31.1 Å². The molecule has 10 nitrogen and oxygen atoms in total. The topological polar surface area (TPSA) is 115 Å². The minimum Gasteiger partial charge on any atom is -0.446 e. The molecule has 1 aliphatic rings. The van der Waals surface area contributed by atoms with E-state index in [0.717, 1.165) is 28.1 Å². The highest BCUT2D eigenvalue weighted by molar-refractivity contribution is 5.74. The number of hydrogen-bond donors (Lipinski definition) is 1. The molecule has 1 amide bonds. The van der Waals surface area contributed by atoms with Crippen molar-refractivity contribution in [2.75, 3.05) is 13.1 Å². The Balaban J connectivity index is 1.39. The molecule has 4 rings (SSSR count). The van der Waals surface area contributed by atoms with Crippen LogP contribution < -0.4 is 4.74 Å². The zero-order valence-electron chi connectivity index (χ0n) is 21.3. The summed E-state index contributed by atoms with van der Waals surface area (Å²) < 4.78 is 12.8. The van der Waals surface area contributed by atoms with Gasteiger partial charge in [0.2, 0.25) is 12.2 Å². The van der Waals surface area contributed by atoms with E-state index in [2.05, 4.69) is 20.1 Å². The number of ether oxygens (including phenoxy) is 2. The lowest BCUT2D eigenvalue weighted by Gasteiger charge is -2.29. The third-order valence-corrected chi connectivity index (χ3v) is 5.74. The van der Waals surface area contributed by atoms with E-state index in [1.165, 1.54) is 0 Å². The van der Waals surface area contributed by atoms with Gasteiger partial charge in [0.15, 0.2) is 0 Å². The van der Waals surface area contributed by atoms with Crippen molar-refractivity contribution in [1.29, 1.82) is 0 Å². The van der Waals surface area contributed by atoms with Crippen LogP contribution in [0.5, 0.6) is 5.88 Å². The van der Waals surface area contributed by atoms with Gasteiger partial charge in [-0.15, -0.1) is 0 Å². The number of aryl methyl sites for hydroxylation is 1. The van der Waals surface area contributed by atoms with Gasteiger partial charge in [-0.1, -0.05) is 6.08 Å². The molecule has 0 saturated heterocycles. The molecule has 0 spiro atoms. The van der Waals surface area contributed by atoms with E-state index in [1.54, 1.807) is 40.4 Å². The zero-order chi connectivity index (χ0) is 25.9. The summed E-state index contributed by atoms with van der Waals surface area (Å²) in [6.07, 6.45) is 7.82. The largest absolute Gasteiger partial charge is 0.446 e. The summed E-state index contributed by atoms with van der Waals surface area (Å²) in [5.74, 6) is 0.300. The third kappa shape index (κ3) is 6.06. The Hall–Kier alpha value is -3.79. The number of aliphatic hydroxyl groups excluding tert-OH is 1. The maximum absolute atomic E-state index is 12.4. The first-order valence-corrected chi connectivity index (χ1v) is 11.9. The zero-order valence-corrected chi connectivity index (χ0v) is 21.3. The summed E-state index contributed by atoms with van der Waals surface area (Å²) in [7, 11) is 0. The molecule has 0 fully saturated rings. The molecule has 0 bridgehead atoms. The Morgan fingerprint density at radius 3 is 2.58 bits per heavy atom. The number of aromatic nitrogens is 5. The molecule has 1 unspecified atom stereocenters. The normalized spacial score (nSPS) is 14.8. The van der Waals surface area contributed by atoms with Gasteiger partial charge in [0.05, 0.1) is 17.6 Å². The summed E-state index contributed by atoms with van der Waals surface area (Å²) >= 11 is 0. The highest BCUT2D eigenvalue weighted by Crippen LogP contribution is 2.29. The Kier molecular flexibility index (Phi) is 7.35. The van der Waals surface area contributed by atoms with Crippen LogP contribution in [0.1, 0.15) is 44.1 Å². The highest BCUT2D eigenvalue weighted by Gasteiger charge is 2.26. The van der Waals surface area contributed by atoms with Crippen LogP contribution in [0.2, 0.25) is 0 Å². The van der Waals surface area contributed by atoms with E-state index in [-0.39, 0.29) is 12.6 Å². The van der Waals surface area contributed by atoms with Crippen LogP contribution in [0.3, 0.4) is 0 Å². The van der Waals surface area contributed by atoms with Crippen LogP contribution in [-0.2, 0) is 11.3 Å². The summed E-state index contributed by atoms with van der Waals surface area (Å²) in [6.45, 7) is 10.7. The van der Waals surface area contributed by atoms with Crippen molar-refractivity contribution in [3.8, 4) is 17.1 Å². The molecule has 3 aromatic rings. The second-order valence-electron chi connectivity index (χ2n) is 9.68. The lowest BCUT2D eigenvalue weighted by atomic mass is 9.98. The van der Waals surface area contributed by atoms with Crippen molar-refractivity contribution in [3.63, 3.8) is 0 Å². The second kappa shape index (κ2) is 10.4. The summed E-state index contributed by atoms with van der Waals surface area (Å²) in [5.41, 5.74) is 4.95. The van der Waals surface area contributed by atoms with Crippen molar-refractivity contribution in [3.05, 3.63) is 59.9 Å². The SMILES string of the molecule is Cc1nn(CC(O)Oc2ccc(-c3cnccn3)cn2)c(C)c1C1=CCN(C(=O)OC(C)(C)C)CC1. The first-order chi connectivity index (χ1) is 17.1. The van der Waals surface area contributed by atoms with Gasteiger partial charge in [0.1, 0.15) is 12.1 Å². The summed E-state index contributed by atoms with van der Waals surface area (Å²) in [5, 5.41) is 15.2. The molecule has 1 atom stereocenters. The molecule has 0 saturated carbocycles. The third-order valence-electron chi connectivity index (χ3n) is 5.74. The number of carbonyl (C=O) groups excluding carboxylic acids is 1. The van der Waals surface area contributed by atoms with Crippen LogP contribution in [0.4, 0.5) is 4.79 Å². The molecule has 36 heavy (non-hydrogen) atoms. The van der Waals surface area contributed by atoms with E-state index in [9.17, 15) is 9.90 Å². The van der Waals surface area contributed by atoms with Crippen LogP contribution in [0.15, 0.2) is 43.0 Å². The number of nitrogens with zero attached hydrogens (tertiary/aromatic N) is 6. The molecule has 0 radical (unpaired) electrons. The smallest absolute Gasteiger partial charge is 0.410 e. The predicted molar refractivity (Wildman–Crippen MR) is 134 cm³/mol. The molecular weight excluding hydrogens is 460 g/mol. The molecular formula is C26H32N6O4. The highest BCUT2D eigenvalue weighted by atomic mass is 16.6. The Morgan fingerprint density at radius 1 is 1.17 bits per heavy atom. The number of rotatable bonds is 6. The van der Waals surface area contributed by atoms with Crippen LogP contribution >= 0.6 is 0 Å². The minimum atomic E-state index is -1.13. The molecule has 0 aromatic carbocycles. The number of carbonyl (C=O) groups is 1. The molecule has 190 valence electrons. The van der Waals surface area contributed by atoms with Crippen molar-refractivity contribution in [2.24, 2.45) is 0 Å². The maximum atomic E-state index is 12.4. The Labute approximate surface area is 210 Å². The van der Waals surface area contributed by atoms with Crippen molar-refractivity contribution >= 4 is 11.7 Å². The van der Waals surface area contributed by atoms with Gasteiger partial charge in [-0.05, 0) is 52.7 Å². The molecule has 10 heteroatoms. The van der Waals surface area contributed by atoms with Crippen LogP contribution in [0, 0.1) is 13.8 Å². The monoisotopic (exact) mass is 492 g/mol. The Morgan fingerprint density at radius 2 is 1.97 bits per heavy atom. The van der Waals surface area contributed by atoms with Gasteiger partial charge in [-0.3, -0.25) is 14.6 Å². The molecule has 1 N–H and O–H groups in total. The molecule has 0 aliphatic carbocycles. The number of pyridine rings is 1. The van der Waals surface area contributed by atoms with Gasteiger partial charge in [0, 0.05) is 54.6 Å². The predicted octanol–water partition coefficient (Wildman–Crippen LogP) is 3.77. The van der Waals surface area contributed by atoms with Crippen molar-refractivity contribution in [1.82, 2.24) is 29.6 Å². The van der Waals surface area contributed by atoms with Gasteiger partial charge < -0.3 is 19.5 Å². The summed E-state index contributed by atoms with van der Waals surface area (Å²) in [6, 6.07) is 3.50. The fourth-order valence-electron chi connectivity index (χ4n) is 4.10. The van der Waals surface area contributed by atoms with Crippen molar-refractivity contribution in [2.45, 2.75) is 59.5 Å². The number of hydrogen-bond acceptors (Lipinski definition) is 8. The van der Waals surface area contributed by atoms with Gasteiger partial charge in [0.25, 0.3) is 0 Å². The number of aliphatic hydroxyl groups is 1. The molecule has 1 aliphatic heterocycles. The van der Waals surface area contributed by atoms with Crippen molar-refractivity contribution < 1.29 is 19.4 Å². The van der Waals surface area contributed by atoms with Gasteiger partial charge in [-0.2, -0.15) is 5.10 Å². The molecule has 3 aromatic heterocycles. The Bertz CT molecular complexity index is 1230. The lowest BCUT2D eigenvalue weighted by Crippen LogP contribution is -2.39. The fourth-order valence-corrected chi connectivity index (χ4v) is 4.10. The average molecular weight is 493 g/mol. The van der Waals surface area contributed by atoms with E-state index in [1.807, 2.05) is 46.8 Å².